The smallest absolute Gasteiger partial charge is 0.311 e. The molecule has 2 atom stereocenters. The van der Waals surface area contributed by atoms with E-state index in [0.29, 0.717) is 6.42 Å². The summed E-state index contributed by atoms with van der Waals surface area (Å²) < 4.78 is 5.46. The van der Waals surface area contributed by atoms with Crippen molar-refractivity contribution < 1.29 is 14.6 Å². The molecule has 0 amide bonds. The normalized spacial score (nSPS) is 15.1. The Kier molecular flexibility index (Phi) is 9.07. The second-order valence-corrected chi connectivity index (χ2v) is 6.42. The lowest BCUT2D eigenvalue weighted by Crippen LogP contribution is -2.30. The summed E-state index contributed by atoms with van der Waals surface area (Å²) in [6.45, 7) is 9.72. The van der Waals surface area contributed by atoms with Gasteiger partial charge >= 0.3 is 5.97 Å². The van der Waals surface area contributed by atoms with Crippen LogP contribution in [0, 0.1) is 5.41 Å². The first-order valence-electron chi connectivity index (χ1n) is 7.70. The molecule has 0 heterocycles. The Morgan fingerprint density at radius 2 is 1.79 bits per heavy atom. The fraction of sp³-hybridized carbons (Fsp3) is 0.938. The molecule has 0 aliphatic heterocycles. The van der Waals surface area contributed by atoms with Gasteiger partial charge in [0.2, 0.25) is 0 Å². The van der Waals surface area contributed by atoms with Crippen molar-refractivity contribution in [1.29, 1.82) is 0 Å². The maximum Gasteiger partial charge on any atom is 0.311 e. The number of aliphatic hydroxyl groups is 1. The number of carbonyl (C=O) groups is 1. The van der Waals surface area contributed by atoms with Crippen molar-refractivity contribution >= 4 is 5.97 Å². The van der Waals surface area contributed by atoms with Gasteiger partial charge in [0, 0.05) is 6.42 Å². The zero-order valence-corrected chi connectivity index (χ0v) is 13.4. The zero-order valence-electron chi connectivity index (χ0n) is 13.4. The monoisotopic (exact) mass is 272 g/mol. The lowest BCUT2D eigenvalue weighted by atomic mass is 9.97. The molecule has 0 fully saturated rings. The summed E-state index contributed by atoms with van der Waals surface area (Å²) in [6.07, 6.45) is 6.27. The molecule has 0 rings (SSSR count). The van der Waals surface area contributed by atoms with Crippen LogP contribution in [0.25, 0.3) is 0 Å². The van der Waals surface area contributed by atoms with E-state index < -0.39 is 5.41 Å². The zero-order chi connectivity index (χ0) is 14.9. The maximum absolute atomic E-state index is 11.8. The highest BCUT2D eigenvalue weighted by Gasteiger charge is 2.26. The minimum Gasteiger partial charge on any atom is -0.462 e. The molecule has 3 nitrogen and oxygen atoms in total. The molecule has 0 unspecified atom stereocenters. The lowest BCUT2D eigenvalue weighted by Gasteiger charge is -2.24. The average Bonchev–Trinajstić information content (AvgIpc) is 2.32. The van der Waals surface area contributed by atoms with Crippen LogP contribution in [0.15, 0.2) is 0 Å². The van der Waals surface area contributed by atoms with E-state index in [1.54, 1.807) is 0 Å². The lowest BCUT2D eigenvalue weighted by molar-refractivity contribution is -0.160. The van der Waals surface area contributed by atoms with Crippen molar-refractivity contribution in [3.8, 4) is 0 Å². The number of esters is 1. The van der Waals surface area contributed by atoms with E-state index in [-0.39, 0.29) is 18.2 Å². The summed E-state index contributed by atoms with van der Waals surface area (Å²) in [5.74, 6) is -0.183. The van der Waals surface area contributed by atoms with E-state index in [2.05, 4.69) is 6.92 Å². The van der Waals surface area contributed by atoms with Crippen molar-refractivity contribution in [2.75, 3.05) is 0 Å². The predicted octanol–water partition coefficient (Wildman–Crippen LogP) is 4.08. The Balaban J connectivity index is 4.01. The summed E-state index contributed by atoms with van der Waals surface area (Å²) in [6, 6.07) is 0. The summed E-state index contributed by atoms with van der Waals surface area (Å²) >= 11 is 0. The van der Waals surface area contributed by atoms with Gasteiger partial charge in [-0.25, -0.2) is 0 Å². The summed E-state index contributed by atoms with van der Waals surface area (Å²) in [4.78, 5) is 11.8. The highest BCUT2D eigenvalue weighted by Crippen LogP contribution is 2.20. The second kappa shape index (κ2) is 9.35. The van der Waals surface area contributed by atoms with Crippen LogP contribution in [0.1, 0.15) is 79.6 Å². The third-order valence-electron chi connectivity index (χ3n) is 3.27. The molecule has 114 valence electrons. The first-order chi connectivity index (χ1) is 8.81. The fourth-order valence-corrected chi connectivity index (χ4v) is 1.85. The third kappa shape index (κ3) is 9.04. The van der Waals surface area contributed by atoms with Gasteiger partial charge in [0.15, 0.2) is 0 Å². The van der Waals surface area contributed by atoms with Crippen molar-refractivity contribution in [1.82, 2.24) is 0 Å². The average molecular weight is 272 g/mol. The van der Waals surface area contributed by atoms with Crippen LogP contribution in [0.4, 0.5) is 0 Å². The van der Waals surface area contributed by atoms with E-state index in [1.807, 2.05) is 27.7 Å². The molecule has 0 aromatic rings. The largest absolute Gasteiger partial charge is 0.462 e. The van der Waals surface area contributed by atoms with Crippen LogP contribution in [-0.2, 0) is 9.53 Å². The van der Waals surface area contributed by atoms with Crippen LogP contribution >= 0.6 is 0 Å². The molecule has 0 aromatic carbocycles. The number of ether oxygens (including phenoxy) is 1. The van der Waals surface area contributed by atoms with Gasteiger partial charge in [0.1, 0.15) is 6.10 Å². The minimum absolute atomic E-state index is 0.159. The molecule has 0 aliphatic carbocycles. The van der Waals surface area contributed by atoms with E-state index in [0.717, 1.165) is 19.3 Å². The van der Waals surface area contributed by atoms with Crippen LogP contribution < -0.4 is 0 Å². The van der Waals surface area contributed by atoms with E-state index >= 15 is 0 Å². The van der Waals surface area contributed by atoms with Crippen molar-refractivity contribution in [2.45, 2.75) is 91.8 Å². The summed E-state index contributed by atoms with van der Waals surface area (Å²) in [7, 11) is 0. The van der Waals surface area contributed by atoms with Gasteiger partial charge in [-0.05, 0) is 33.6 Å². The van der Waals surface area contributed by atoms with Crippen molar-refractivity contribution in [2.24, 2.45) is 5.41 Å². The Morgan fingerprint density at radius 1 is 1.16 bits per heavy atom. The van der Waals surface area contributed by atoms with Gasteiger partial charge in [-0.1, -0.05) is 39.5 Å². The standard InChI is InChI=1S/C16H32O3/c1-6-8-9-10-11-13(17)12-14(7-2)19-15(18)16(3,4)5/h13-14,17H,6-12H2,1-5H3/t13-,14-/m1/s1. The minimum atomic E-state index is -0.473. The van der Waals surface area contributed by atoms with Crippen molar-refractivity contribution in [3.63, 3.8) is 0 Å². The molecule has 3 heteroatoms. The van der Waals surface area contributed by atoms with Gasteiger partial charge in [0.05, 0.1) is 11.5 Å². The van der Waals surface area contributed by atoms with Crippen LogP contribution in [0.2, 0.25) is 0 Å². The maximum atomic E-state index is 11.8. The van der Waals surface area contributed by atoms with Crippen LogP contribution in [0.3, 0.4) is 0 Å². The van der Waals surface area contributed by atoms with Crippen molar-refractivity contribution in [3.05, 3.63) is 0 Å². The highest BCUT2D eigenvalue weighted by molar-refractivity contribution is 5.75. The first kappa shape index (κ1) is 18.4. The third-order valence-corrected chi connectivity index (χ3v) is 3.27. The molecule has 0 saturated carbocycles. The molecule has 0 saturated heterocycles. The molecular formula is C16H32O3. The van der Waals surface area contributed by atoms with E-state index in [9.17, 15) is 9.90 Å². The van der Waals surface area contributed by atoms with Gasteiger partial charge < -0.3 is 9.84 Å². The topological polar surface area (TPSA) is 46.5 Å². The Bertz CT molecular complexity index is 243. The highest BCUT2D eigenvalue weighted by atomic mass is 16.5. The SMILES string of the molecule is CCCCCC[C@@H](O)C[C@@H](CC)OC(=O)C(C)(C)C. The molecule has 0 spiro atoms. The Labute approximate surface area is 118 Å². The van der Waals surface area contributed by atoms with Gasteiger partial charge in [0.25, 0.3) is 0 Å². The summed E-state index contributed by atoms with van der Waals surface area (Å²) in [5, 5.41) is 9.97. The summed E-state index contributed by atoms with van der Waals surface area (Å²) in [5.41, 5.74) is -0.473. The molecular weight excluding hydrogens is 240 g/mol. The van der Waals surface area contributed by atoms with Gasteiger partial charge in [-0.2, -0.15) is 0 Å². The Morgan fingerprint density at radius 3 is 2.26 bits per heavy atom. The number of rotatable bonds is 9. The number of hydrogen-bond acceptors (Lipinski definition) is 3. The first-order valence-corrected chi connectivity index (χ1v) is 7.70. The number of unbranched alkanes of at least 4 members (excludes halogenated alkanes) is 3. The second-order valence-electron chi connectivity index (χ2n) is 6.42. The van der Waals surface area contributed by atoms with Crippen LogP contribution in [-0.4, -0.2) is 23.3 Å². The predicted molar refractivity (Wildman–Crippen MR) is 79.0 cm³/mol. The molecule has 0 bridgehead atoms. The molecule has 0 aromatic heterocycles. The molecule has 0 aliphatic rings. The van der Waals surface area contributed by atoms with E-state index in [1.165, 1.54) is 19.3 Å². The quantitative estimate of drug-likeness (QED) is 0.508. The number of hydrogen-bond donors (Lipinski definition) is 1. The van der Waals surface area contributed by atoms with Gasteiger partial charge in [-0.3, -0.25) is 4.79 Å². The fourth-order valence-electron chi connectivity index (χ4n) is 1.85. The molecule has 0 radical (unpaired) electrons. The van der Waals surface area contributed by atoms with Crippen LogP contribution in [0.5, 0.6) is 0 Å². The molecule has 1 N–H and O–H groups in total. The van der Waals surface area contributed by atoms with Gasteiger partial charge in [-0.15, -0.1) is 0 Å². The number of carbonyl (C=O) groups excluding carboxylic acids is 1. The Hall–Kier alpha value is -0.570. The molecule has 19 heavy (non-hydrogen) atoms. The van der Waals surface area contributed by atoms with E-state index in [4.69, 9.17) is 4.74 Å². The number of aliphatic hydroxyl groups excluding tert-OH is 1.